The Labute approximate surface area is 704 Å². The topological polar surface area (TPSA) is 566 Å². The fourth-order valence-electron chi connectivity index (χ4n) is 15.2. The molecule has 7 aromatic carbocycles. The molecule has 15 rings (SSSR count). The first kappa shape index (κ1) is 88.0. The van der Waals surface area contributed by atoms with Gasteiger partial charge in [0.2, 0.25) is 59.7 Å². The second-order valence-corrected chi connectivity index (χ2v) is 30.7. The highest BCUT2D eigenvalue weighted by atomic mass is 35.5. The molecule has 7 amide bonds. The fourth-order valence-corrected chi connectivity index (χ4v) is 15.6. The first-order valence-electron chi connectivity index (χ1n) is 38.9. The smallest absolute Gasteiger partial charge is 0.337 e. The molecule has 20 N–H and O–H groups in total. The van der Waals surface area contributed by atoms with Gasteiger partial charge in [-0.1, -0.05) is 105 Å². The Bertz CT molecular complexity index is 5180. The number of phenols is 4. The van der Waals surface area contributed by atoms with Crippen LogP contribution in [0.15, 0.2) is 115 Å². The third kappa shape index (κ3) is 18.8. The molecule has 648 valence electrons. The standard InChI is InChI=1S/C83H88Cl2N8O29/c1-4-5-6-7-8-9-10-11-12-56(99)88-65-68(102)70(104)73(81(114)115-3)122-82(65)121-72-53-27-38-28-54(72)118-50-22-17-37(25-45(50)84)66(100)64-79(111)92-63(80(112)113)43-29-39(95)30-52(119-83-71(105)69(103)67(101)55(33-94)120-83)57(43)42-24-35(15-20-47(42)96)60(76(108)93-64)89-77(109)61(38)90-78(110)62-44-31-41(32-49(98)58(44)85)117-51-26-36(16-21-48(51)97)59(86-2)75(107)87-46(74(106)91-62)23-34-13-18-40(116-53)19-14-34/h13-22,24-32,46,55,59-71,73,82-83,86,94-98,100-105H,4-12,23,33H2,1-3H3,(H,87,107)(H,88,99)(H,89,109)(H,90,110)(H,91,106)(H,92,111)(H,93,108)(H,112,113)/t46-,55-,59-,60-,61-,62+,63+,64+,65-,66-,67-,68-,69+,70+,71+,73+,82-,83+/m1/s1. The van der Waals surface area contributed by atoms with Crippen molar-refractivity contribution in [3.63, 3.8) is 0 Å². The van der Waals surface area contributed by atoms with Crippen LogP contribution in [-0.4, -0.2) is 209 Å². The number of halogens is 2. The Kier molecular flexibility index (Phi) is 27.1. The molecule has 7 aromatic rings. The number of rotatable bonds is 18. The Morgan fingerprint density at radius 3 is 1.87 bits per heavy atom. The predicted molar refractivity (Wildman–Crippen MR) is 423 cm³/mol. The number of hydrogen-bond donors (Lipinski definition) is 20. The van der Waals surface area contributed by atoms with E-state index in [9.17, 15) is 80.5 Å². The molecular formula is C83H88Cl2N8O29. The highest BCUT2D eigenvalue weighted by Crippen LogP contribution is 2.50. The third-order valence-corrected chi connectivity index (χ3v) is 22.4. The fraction of sp³-hybridized carbons (Fsp3) is 0.386. The van der Waals surface area contributed by atoms with Crippen LogP contribution in [0.25, 0.3) is 11.1 Å². The Hall–Kier alpha value is -11.8. The molecule has 0 aliphatic carbocycles. The van der Waals surface area contributed by atoms with Crippen LogP contribution in [0.1, 0.15) is 140 Å². The van der Waals surface area contributed by atoms with Crippen molar-refractivity contribution in [3.05, 3.63) is 164 Å². The van der Waals surface area contributed by atoms with E-state index in [0.29, 0.717) is 18.4 Å². The summed E-state index contributed by atoms with van der Waals surface area (Å²) in [5, 5.41) is 157. The maximum absolute atomic E-state index is 16.7. The summed E-state index contributed by atoms with van der Waals surface area (Å²) in [5.74, 6) is -18.6. The van der Waals surface area contributed by atoms with Crippen molar-refractivity contribution in [1.82, 2.24) is 42.5 Å². The summed E-state index contributed by atoms with van der Waals surface area (Å²) in [4.78, 5) is 136. The molecule has 122 heavy (non-hydrogen) atoms. The number of aliphatic hydroxyl groups excluding tert-OH is 7. The Morgan fingerprint density at radius 1 is 0.541 bits per heavy atom. The van der Waals surface area contributed by atoms with Crippen LogP contribution in [0.3, 0.4) is 0 Å². The van der Waals surface area contributed by atoms with Crippen LogP contribution in [0.5, 0.6) is 69.0 Å². The first-order chi connectivity index (χ1) is 58.3. The first-order valence-corrected chi connectivity index (χ1v) is 39.7. The molecule has 0 radical (unpaired) electrons. The maximum atomic E-state index is 16.7. The molecular weight excluding hydrogens is 1640 g/mol. The van der Waals surface area contributed by atoms with Gasteiger partial charge in [-0.2, -0.15) is 0 Å². The van der Waals surface area contributed by atoms with Gasteiger partial charge in [-0.15, -0.1) is 0 Å². The minimum absolute atomic E-state index is 0.124. The summed E-state index contributed by atoms with van der Waals surface area (Å²) in [6.07, 6.45) is -14.5. The number of carboxylic acid groups (broad SMARTS) is 1. The average Bonchev–Trinajstić information content (AvgIpc) is 0.755. The molecule has 0 spiro atoms. The van der Waals surface area contributed by atoms with Crippen LogP contribution < -0.4 is 66.2 Å². The number of esters is 1. The molecule has 0 unspecified atom stereocenters. The van der Waals surface area contributed by atoms with Crippen LogP contribution in [0.4, 0.5) is 0 Å². The summed E-state index contributed by atoms with van der Waals surface area (Å²) >= 11 is 14.2. The number of fused-ring (bicyclic) bond motifs is 14. The largest absolute Gasteiger partial charge is 0.508 e. The van der Waals surface area contributed by atoms with Gasteiger partial charge in [-0.05, 0) is 114 Å². The zero-order valence-electron chi connectivity index (χ0n) is 65.2. The van der Waals surface area contributed by atoms with Crippen molar-refractivity contribution in [2.45, 2.75) is 181 Å². The summed E-state index contributed by atoms with van der Waals surface area (Å²) in [7, 11) is 2.38. The lowest BCUT2D eigenvalue weighted by Gasteiger charge is -2.41. The average molecular weight is 1730 g/mol. The molecule has 8 heterocycles. The van der Waals surface area contributed by atoms with Gasteiger partial charge in [0.15, 0.2) is 35.1 Å². The van der Waals surface area contributed by atoms with E-state index in [4.69, 9.17) is 61.1 Å². The van der Waals surface area contributed by atoms with Crippen LogP contribution in [0.2, 0.25) is 10.0 Å². The number of carboxylic acids is 1. The van der Waals surface area contributed by atoms with Crippen molar-refractivity contribution in [2.75, 3.05) is 20.8 Å². The number of ether oxygens (including phenoxy) is 8. The van der Waals surface area contributed by atoms with Crippen molar-refractivity contribution in [3.8, 4) is 80.1 Å². The second kappa shape index (κ2) is 37.6. The Balaban J connectivity index is 1.04. The molecule has 8 aliphatic heterocycles. The summed E-state index contributed by atoms with van der Waals surface area (Å²) in [6, 6.07) is 4.80. The summed E-state index contributed by atoms with van der Waals surface area (Å²) in [6.45, 7) is 1.11. The monoisotopic (exact) mass is 1730 g/mol. The third-order valence-electron chi connectivity index (χ3n) is 21.7. The number of hydrogen-bond acceptors (Lipinski definition) is 29. The molecule has 2 fully saturated rings. The van der Waals surface area contributed by atoms with Gasteiger partial charge in [0.25, 0.3) is 0 Å². The molecule has 17 bridgehead atoms. The number of nitrogens with one attached hydrogen (secondary N) is 8. The number of unbranched alkanes of at least 4 members (excludes halogenated alkanes) is 7. The summed E-state index contributed by atoms with van der Waals surface area (Å²) < 4.78 is 49.4. The van der Waals surface area contributed by atoms with Crippen molar-refractivity contribution in [1.29, 1.82) is 0 Å². The minimum atomic E-state index is -2.45. The van der Waals surface area contributed by atoms with Crippen molar-refractivity contribution >= 4 is 76.5 Å². The molecule has 0 aromatic heterocycles. The maximum Gasteiger partial charge on any atom is 0.337 e. The molecule has 18 atom stereocenters. The van der Waals surface area contributed by atoms with Gasteiger partial charge in [-0.25, -0.2) is 9.59 Å². The van der Waals surface area contributed by atoms with Gasteiger partial charge >= 0.3 is 11.9 Å². The van der Waals surface area contributed by atoms with Gasteiger partial charge in [0, 0.05) is 47.2 Å². The lowest BCUT2D eigenvalue weighted by Crippen LogP contribution is -2.66. The van der Waals surface area contributed by atoms with E-state index in [-0.39, 0.29) is 34.8 Å². The zero-order chi connectivity index (χ0) is 87.4. The number of amides is 7. The number of methoxy groups -OCH3 is 1. The zero-order valence-corrected chi connectivity index (χ0v) is 66.7. The van der Waals surface area contributed by atoms with Gasteiger partial charge in [0.1, 0.15) is 125 Å². The number of likely N-dealkylation sites (N-methyl/N-ethyl adjacent to an activating group) is 1. The molecule has 2 saturated heterocycles. The van der Waals surface area contributed by atoms with Crippen molar-refractivity contribution < 1.29 is 142 Å². The molecule has 0 saturated carbocycles. The van der Waals surface area contributed by atoms with E-state index < -0.39 is 271 Å². The second-order valence-electron chi connectivity index (χ2n) is 29.9. The highest BCUT2D eigenvalue weighted by molar-refractivity contribution is 6.33. The van der Waals surface area contributed by atoms with E-state index in [1.165, 1.54) is 49.5 Å². The van der Waals surface area contributed by atoms with Gasteiger partial charge in [-0.3, -0.25) is 33.6 Å². The van der Waals surface area contributed by atoms with Crippen molar-refractivity contribution in [2.24, 2.45) is 0 Å². The Morgan fingerprint density at radius 2 is 1.18 bits per heavy atom. The van der Waals surface area contributed by atoms with E-state index >= 15 is 24.0 Å². The molecule has 8 aliphatic rings. The molecule has 37 nitrogen and oxygen atoms in total. The number of aliphatic hydroxyl groups is 7. The number of phenolic OH excluding ortho intramolecular Hbond substituents is 4. The normalized spacial score (nSPS) is 26.4. The number of benzene rings is 7. The number of aromatic hydroxyl groups is 4. The van der Waals surface area contributed by atoms with Crippen LogP contribution in [0, 0.1) is 0 Å². The van der Waals surface area contributed by atoms with E-state index in [1.54, 1.807) is 0 Å². The number of aliphatic carboxylic acids is 1. The highest BCUT2D eigenvalue weighted by Gasteiger charge is 2.52. The number of carbonyl (C=O) groups is 9. The summed E-state index contributed by atoms with van der Waals surface area (Å²) in [5.41, 5.74) is -3.19. The lowest BCUT2D eigenvalue weighted by atomic mass is 9.89. The van der Waals surface area contributed by atoms with E-state index in [2.05, 4.69) is 49.5 Å². The van der Waals surface area contributed by atoms with Gasteiger partial charge in [0.05, 0.1) is 23.8 Å². The predicted octanol–water partition coefficient (Wildman–Crippen LogP) is 4.03. The van der Waals surface area contributed by atoms with E-state index in [1.807, 2.05) is 0 Å². The van der Waals surface area contributed by atoms with Crippen LogP contribution >= 0.6 is 23.2 Å². The number of carbonyl (C=O) groups excluding carboxylic acids is 8. The molecule has 39 heteroatoms. The van der Waals surface area contributed by atoms with Gasteiger partial charge < -0.3 is 142 Å². The minimum Gasteiger partial charge on any atom is -0.508 e. The van der Waals surface area contributed by atoms with Crippen LogP contribution in [-0.2, 0) is 63.8 Å². The SMILES string of the molecule is CCCCCCCCCCC(=O)N[C@H]1[C@H](Oc2c3cc4cc2Oc2ccc(cc2Cl)[C@@H](O)[C@@H]2NC(=O)[C@H](NC(=O)[C@@H]4NC(=O)[C@H]4NC(=O)[C@@H](Cc5ccc(cc5)O3)NC(=O)[C@H](NC)c3ccc(O)c(c3)Oc3cc(O)c(Cl)c4c3)c3ccc(O)c(c3)-c3c(O[C@H]4O[C@H](CO)[C@@H](O)[C@H](O)[C@@H]4O)cc(O)cc3[C@@H](C(=O)O)NC2=O)O[C@H](C(=O)OC)[C@@H](O)[C@@H]1O. The van der Waals surface area contributed by atoms with E-state index in [0.717, 1.165) is 118 Å². The lowest BCUT2D eigenvalue weighted by molar-refractivity contribution is -0.277. The quantitative estimate of drug-likeness (QED) is 0.0426.